The maximum absolute atomic E-state index is 12.1. The van der Waals surface area contributed by atoms with Crippen LogP contribution in [-0.2, 0) is 9.53 Å². The van der Waals surface area contributed by atoms with Gasteiger partial charge < -0.3 is 15.0 Å². The highest BCUT2D eigenvalue weighted by Crippen LogP contribution is 2.23. The molecule has 0 aromatic heterocycles. The second-order valence-corrected chi connectivity index (χ2v) is 6.31. The van der Waals surface area contributed by atoms with Gasteiger partial charge in [0.1, 0.15) is 0 Å². The number of carbonyl (C=O) groups excluding carboxylic acids is 2. The Morgan fingerprint density at radius 1 is 1.04 bits per heavy atom. The minimum atomic E-state index is -0.516. The SMILES string of the molecule is CC(C)c1ccccc1NC(=O)COC(=O)c1ccc(N(C)C)cc1. The molecule has 0 bridgehead atoms. The van der Waals surface area contributed by atoms with Crippen LogP contribution in [0.2, 0.25) is 0 Å². The van der Waals surface area contributed by atoms with Crippen LogP contribution >= 0.6 is 0 Å². The first kappa shape index (κ1) is 18.5. The number of ether oxygens (including phenoxy) is 1. The van der Waals surface area contributed by atoms with Crippen molar-refractivity contribution in [2.24, 2.45) is 0 Å². The van der Waals surface area contributed by atoms with Gasteiger partial charge in [0, 0.05) is 25.5 Å². The summed E-state index contributed by atoms with van der Waals surface area (Å²) in [5, 5.41) is 2.80. The molecule has 5 heteroatoms. The molecular weight excluding hydrogens is 316 g/mol. The first-order chi connectivity index (χ1) is 11.9. The van der Waals surface area contributed by atoms with Crippen molar-refractivity contribution in [2.45, 2.75) is 19.8 Å². The van der Waals surface area contributed by atoms with Crippen molar-refractivity contribution in [2.75, 3.05) is 30.9 Å². The van der Waals surface area contributed by atoms with Crippen LogP contribution in [0.4, 0.5) is 11.4 Å². The second kappa shape index (κ2) is 8.33. The topological polar surface area (TPSA) is 58.6 Å². The lowest BCUT2D eigenvalue weighted by Gasteiger charge is -2.14. The summed E-state index contributed by atoms with van der Waals surface area (Å²) in [5.41, 5.74) is 3.19. The summed E-state index contributed by atoms with van der Waals surface area (Å²) in [5.74, 6) is -0.585. The van der Waals surface area contributed by atoms with E-state index in [9.17, 15) is 9.59 Å². The second-order valence-electron chi connectivity index (χ2n) is 6.31. The van der Waals surface area contributed by atoms with E-state index in [2.05, 4.69) is 19.2 Å². The van der Waals surface area contributed by atoms with E-state index in [1.54, 1.807) is 12.1 Å². The summed E-state index contributed by atoms with van der Waals surface area (Å²) in [6.45, 7) is 3.80. The number of nitrogens with one attached hydrogen (secondary N) is 1. The molecule has 0 fully saturated rings. The number of nitrogens with zero attached hydrogens (tertiary/aromatic N) is 1. The Kier molecular flexibility index (Phi) is 6.17. The van der Waals surface area contributed by atoms with Gasteiger partial charge in [0.05, 0.1) is 5.56 Å². The Morgan fingerprint density at radius 2 is 1.68 bits per heavy atom. The summed E-state index contributed by atoms with van der Waals surface area (Å²) in [6, 6.07) is 14.6. The lowest BCUT2D eigenvalue weighted by Crippen LogP contribution is -2.21. The van der Waals surface area contributed by atoms with E-state index in [0.29, 0.717) is 5.56 Å². The number of hydrogen-bond acceptors (Lipinski definition) is 4. The molecule has 0 saturated carbocycles. The van der Waals surface area contributed by atoms with Gasteiger partial charge >= 0.3 is 5.97 Å². The molecule has 1 amide bonds. The fourth-order valence-electron chi connectivity index (χ4n) is 2.41. The number of amides is 1. The van der Waals surface area contributed by atoms with Crippen molar-refractivity contribution >= 4 is 23.3 Å². The van der Waals surface area contributed by atoms with E-state index < -0.39 is 5.97 Å². The van der Waals surface area contributed by atoms with Crippen molar-refractivity contribution in [1.29, 1.82) is 0 Å². The predicted molar refractivity (Wildman–Crippen MR) is 100 cm³/mol. The minimum Gasteiger partial charge on any atom is -0.452 e. The molecule has 2 aromatic rings. The van der Waals surface area contributed by atoms with E-state index >= 15 is 0 Å². The molecular formula is C20H24N2O3. The summed E-state index contributed by atoms with van der Waals surface area (Å²) in [7, 11) is 3.85. The van der Waals surface area contributed by atoms with Crippen LogP contribution in [0.3, 0.4) is 0 Å². The van der Waals surface area contributed by atoms with Gasteiger partial charge in [-0.05, 0) is 41.8 Å². The molecule has 0 aliphatic heterocycles. The van der Waals surface area contributed by atoms with Gasteiger partial charge in [0.2, 0.25) is 0 Å². The van der Waals surface area contributed by atoms with Crippen LogP contribution in [0.5, 0.6) is 0 Å². The van der Waals surface area contributed by atoms with E-state index in [1.165, 1.54) is 0 Å². The molecule has 0 radical (unpaired) electrons. The van der Waals surface area contributed by atoms with Crippen LogP contribution in [0, 0.1) is 0 Å². The number of anilines is 2. The molecule has 132 valence electrons. The van der Waals surface area contributed by atoms with E-state index in [-0.39, 0.29) is 18.4 Å². The van der Waals surface area contributed by atoms with Gasteiger partial charge in [-0.1, -0.05) is 32.0 Å². The fraction of sp³-hybridized carbons (Fsp3) is 0.300. The van der Waals surface area contributed by atoms with Crippen LogP contribution in [0.15, 0.2) is 48.5 Å². The zero-order chi connectivity index (χ0) is 18.4. The first-order valence-electron chi connectivity index (χ1n) is 8.21. The lowest BCUT2D eigenvalue weighted by atomic mass is 10.0. The normalized spacial score (nSPS) is 10.4. The Bertz CT molecular complexity index is 737. The molecule has 25 heavy (non-hydrogen) atoms. The molecule has 2 rings (SSSR count). The third-order valence-electron chi connectivity index (χ3n) is 3.81. The molecule has 1 N–H and O–H groups in total. The van der Waals surface area contributed by atoms with Crippen molar-refractivity contribution in [3.8, 4) is 0 Å². The van der Waals surface area contributed by atoms with Crippen molar-refractivity contribution in [1.82, 2.24) is 0 Å². The predicted octanol–water partition coefficient (Wildman–Crippen LogP) is 3.67. The van der Waals surface area contributed by atoms with E-state index in [4.69, 9.17) is 4.74 Å². The average molecular weight is 340 g/mol. The Balaban J connectivity index is 1.92. The van der Waals surface area contributed by atoms with Gasteiger partial charge in [-0.3, -0.25) is 4.79 Å². The van der Waals surface area contributed by atoms with E-state index in [0.717, 1.165) is 16.9 Å². The molecule has 0 unspecified atom stereocenters. The van der Waals surface area contributed by atoms with Crippen LogP contribution in [-0.4, -0.2) is 32.6 Å². The number of rotatable bonds is 6. The number of benzene rings is 2. The zero-order valence-electron chi connectivity index (χ0n) is 15.1. The average Bonchev–Trinajstić information content (AvgIpc) is 2.60. The third kappa shape index (κ3) is 5.08. The Morgan fingerprint density at radius 3 is 2.28 bits per heavy atom. The first-order valence-corrected chi connectivity index (χ1v) is 8.21. The maximum Gasteiger partial charge on any atom is 0.338 e. The summed E-state index contributed by atoms with van der Waals surface area (Å²) in [4.78, 5) is 26.1. The largest absolute Gasteiger partial charge is 0.452 e. The number of carbonyl (C=O) groups is 2. The summed E-state index contributed by atoms with van der Waals surface area (Å²) >= 11 is 0. The maximum atomic E-state index is 12.1. The number of hydrogen-bond donors (Lipinski definition) is 1. The molecule has 5 nitrogen and oxygen atoms in total. The van der Waals surface area contributed by atoms with Gasteiger partial charge in [-0.2, -0.15) is 0 Å². The highest BCUT2D eigenvalue weighted by molar-refractivity contribution is 5.96. The smallest absolute Gasteiger partial charge is 0.338 e. The van der Waals surface area contributed by atoms with Crippen molar-refractivity contribution in [3.05, 3.63) is 59.7 Å². The number of esters is 1. The monoisotopic (exact) mass is 340 g/mol. The van der Waals surface area contributed by atoms with E-state index in [1.807, 2.05) is 55.4 Å². The number of para-hydroxylation sites is 1. The lowest BCUT2D eigenvalue weighted by molar-refractivity contribution is -0.119. The highest BCUT2D eigenvalue weighted by atomic mass is 16.5. The zero-order valence-corrected chi connectivity index (χ0v) is 15.1. The molecule has 2 aromatic carbocycles. The highest BCUT2D eigenvalue weighted by Gasteiger charge is 2.13. The molecule has 0 atom stereocenters. The minimum absolute atomic E-state index is 0.286. The third-order valence-corrected chi connectivity index (χ3v) is 3.81. The Hall–Kier alpha value is -2.82. The van der Waals surface area contributed by atoms with Crippen molar-refractivity contribution < 1.29 is 14.3 Å². The molecule has 0 aliphatic carbocycles. The van der Waals surface area contributed by atoms with Gasteiger partial charge in [0.25, 0.3) is 5.91 Å². The molecule has 0 aliphatic rings. The van der Waals surface area contributed by atoms with Crippen molar-refractivity contribution in [3.63, 3.8) is 0 Å². The summed E-state index contributed by atoms with van der Waals surface area (Å²) in [6.07, 6.45) is 0. The van der Waals surface area contributed by atoms with Gasteiger partial charge in [-0.25, -0.2) is 4.79 Å². The standard InChI is InChI=1S/C20H24N2O3/c1-14(2)17-7-5-6-8-18(17)21-19(23)13-25-20(24)15-9-11-16(12-10-15)22(3)4/h5-12,14H,13H2,1-4H3,(H,21,23). The van der Waals surface area contributed by atoms with Gasteiger partial charge in [0.15, 0.2) is 6.61 Å². The summed E-state index contributed by atoms with van der Waals surface area (Å²) < 4.78 is 5.10. The van der Waals surface area contributed by atoms with Gasteiger partial charge in [-0.15, -0.1) is 0 Å². The van der Waals surface area contributed by atoms with Crippen LogP contribution < -0.4 is 10.2 Å². The van der Waals surface area contributed by atoms with Crippen LogP contribution in [0.1, 0.15) is 35.7 Å². The molecule has 0 saturated heterocycles. The molecule has 0 heterocycles. The fourth-order valence-corrected chi connectivity index (χ4v) is 2.41. The van der Waals surface area contributed by atoms with Crippen LogP contribution in [0.25, 0.3) is 0 Å². The Labute approximate surface area is 148 Å². The quantitative estimate of drug-likeness (QED) is 0.815. The molecule has 0 spiro atoms.